The van der Waals surface area contributed by atoms with E-state index in [4.69, 9.17) is 9.47 Å². The van der Waals surface area contributed by atoms with Crippen LogP contribution in [0.3, 0.4) is 0 Å². The molecule has 0 unspecified atom stereocenters. The van der Waals surface area contributed by atoms with E-state index in [1.54, 1.807) is 67.6 Å². The average molecular weight is 460 g/mol. The molecule has 3 aromatic rings. The van der Waals surface area contributed by atoms with Gasteiger partial charge in [0.05, 0.1) is 18.4 Å². The maximum Gasteiger partial charge on any atom is 0.343 e. The van der Waals surface area contributed by atoms with Gasteiger partial charge in [0.1, 0.15) is 0 Å². The van der Waals surface area contributed by atoms with Gasteiger partial charge in [-0.3, -0.25) is 9.59 Å². The maximum absolute atomic E-state index is 12.3. The fourth-order valence-corrected chi connectivity index (χ4v) is 3.09. The molecule has 34 heavy (non-hydrogen) atoms. The normalized spacial score (nSPS) is 10.9. The molecule has 0 fully saturated rings. The molecule has 0 atom stereocenters. The van der Waals surface area contributed by atoms with Crippen LogP contribution >= 0.6 is 0 Å². The molecule has 0 radical (unpaired) electrons. The number of amides is 2. The number of rotatable bonds is 7. The number of hydrazone groups is 1. The first kappa shape index (κ1) is 24.2. The fraction of sp³-hybridized carbons (Fsp3) is 0.154. The quantitative estimate of drug-likeness (QED) is 0.183. The summed E-state index contributed by atoms with van der Waals surface area (Å²) < 4.78 is 10.8. The summed E-state index contributed by atoms with van der Waals surface area (Å²) in [6.07, 6.45) is 0.716. The lowest BCUT2D eigenvalue weighted by molar-refractivity contribution is -0.136. The van der Waals surface area contributed by atoms with E-state index in [1.165, 1.54) is 7.11 Å². The highest BCUT2D eigenvalue weighted by Gasteiger charge is 2.16. The molecule has 3 aromatic carbocycles. The molecule has 8 heteroatoms. The van der Waals surface area contributed by atoms with Crippen LogP contribution in [0.2, 0.25) is 0 Å². The molecule has 0 aliphatic heterocycles. The number of nitrogens with zero attached hydrogens (tertiary/aromatic N) is 1. The summed E-state index contributed by atoms with van der Waals surface area (Å²) in [5, 5.41) is 6.60. The van der Waals surface area contributed by atoms with Crippen molar-refractivity contribution in [1.29, 1.82) is 0 Å². The number of carbonyl (C=O) groups excluding carboxylic acids is 3. The second kappa shape index (κ2) is 11.4. The lowest BCUT2D eigenvalue weighted by Crippen LogP contribution is -2.33. The van der Waals surface area contributed by atoms with E-state index < -0.39 is 17.8 Å². The SMILES string of the molecule is CCc1ccccc1NC(=O)C(=O)N/N=C(\C)c1ccc(OC(=O)c2ccccc2)c(OC)c1. The minimum absolute atomic E-state index is 0.242. The highest BCUT2D eigenvalue weighted by atomic mass is 16.6. The average Bonchev–Trinajstić information content (AvgIpc) is 2.87. The van der Waals surface area contributed by atoms with Crippen LogP contribution in [0.25, 0.3) is 0 Å². The van der Waals surface area contributed by atoms with Crippen molar-refractivity contribution in [2.75, 3.05) is 12.4 Å². The van der Waals surface area contributed by atoms with E-state index in [9.17, 15) is 14.4 Å². The molecule has 174 valence electrons. The number of aryl methyl sites for hydroxylation is 1. The molecular weight excluding hydrogens is 434 g/mol. The Morgan fingerprint density at radius 2 is 1.56 bits per heavy atom. The maximum atomic E-state index is 12.3. The number of hydrogen-bond donors (Lipinski definition) is 2. The minimum atomic E-state index is -0.898. The van der Waals surface area contributed by atoms with Gasteiger partial charge in [0.15, 0.2) is 11.5 Å². The summed E-state index contributed by atoms with van der Waals surface area (Å²) >= 11 is 0. The molecule has 0 spiro atoms. The molecule has 0 aliphatic carbocycles. The Kier molecular flexibility index (Phi) is 8.12. The molecule has 8 nitrogen and oxygen atoms in total. The molecule has 0 saturated carbocycles. The van der Waals surface area contributed by atoms with Crippen LogP contribution in [0, 0.1) is 0 Å². The van der Waals surface area contributed by atoms with Gasteiger partial charge in [-0.2, -0.15) is 5.10 Å². The zero-order valence-electron chi connectivity index (χ0n) is 19.1. The molecule has 2 N–H and O–H groups in total. The van der Waals surface area contributed by atoms with Crippen molar-refractivity contribution in [2.45, 2.75) is 20.3 Å². The molecule has 0 heterocycles. The molecule has 0 saturated heterocycles. The summed E-state index contributed by atoms with van der Waals surface area (Å²) in [6, 6.07) is 20.7. The second-order valence-electron chi connectivity index (χ2n) is 7.22. The predicted octanol–water partition coefficient (Wildman–Crippen LogP) is 3.96. The van der Waals surface area contributed by atoms with Gasteiger partial charge in [0, 0.05) is 11.3 Å². The molecular formula is C26H25N3O5. The van der Waals surface area contributed by atoms with E-state index in [2.05, 4.69) is 15.8 Å². The van der Waals surface area contributed by atoms with E-state index >= 15 is 0 Å². The minimum Gasteiger partial charge on any atom is -0.493 e. The number of nitrogens with one attached hydrogen (secondary N) is 2. The van der Waals surface area contributed by atoms with Gasteiger partial charge in [-0.15, -0.1) is 0 Å². The summed E-state index contributed by atoms with van der Waals surface area (Å²) in [4.78, 5) is 36.8. The van der Waals surface area contributed by atoms with Gasteiger partial charge >= 0.3 is 17.8 Å². The molecule has 3 rings (SSSR count). The second-order valence-corrected chi connectivity index (χ2v) is 7.22. The Morgan fingerprint density at radius 3 is 2.26 bits per heavy atom. The van der Waals surface area contributed by atoms with Crippen LogP contribution in [0.4, 0.5) is 5.69 Å². The lowest BCUT2D eigenvalue weighted by Gasteiger charge is -2.11. The van der Waals surface area contributed by atoms with E-state index in [0.717, 1.165) is 5.56 Å². The third kappa shape index (κ3) is 6.07. The Balaban J connectivity index is 1.67. The zero-order chi connectivity index (χ0) is 24.5. The largest absolute Gasteiger partial charge is 0.493 e. The van der Waals surface area contributed by atoms with Gasteiger partial charge in [-0.1, -0.05) is 43.3 Å². The topological polar surface area (TPSA) is 106 Å². The van der Waals surface area contributed by atoms with Crippen molar-refractivity contribution in [3.8, 4) is 11.5 Å². The molecule has 0 aromatic heterocycles. The molecule has 0 bridgehead atoms. The Morgan fingerprint density at radius 1 is 0.853 bits per heavy atom. The Labute approximate surface area is 197 Å². The Bertz CT molecular complexity index is 1220. The number of methoxy groups -OCH3 is 1. The number of ether oxygens (including phenoxy) is 2. The van der Waals surface area contributed by atoms with Crippen molar-refractivity contribution >= 4 is 29.2 Å². The van der Waals surface area contributed by atoms with Crippen molar-refractivity contribution in [3.05, 3.63) is 89.5 Å². The molecule has 2 amide bonds. The first-order chi connectivity index (χ1) is 16.4. The van der Waals surface area contributed by atoms with E-state index in [1.807, 2.05) is 19.1 Å². The van der Waals surface area contributed by atoms with Gasteiger partial charge < -0.3 is 14.8 Å². The summed E-state index contributed by atoms with van der Waals surface area (Å²) in [6.45, 7) is 3.62. The monoisotopic (exact) mass is 459 g/mol. The van der Waals surface area contributed by atoms with Crippen LogP contribution in [0.5, 0.6) is 11.5 Å². The number of hydrogen-bond acceptors (Lipinski definition) is 6. The van der Waals surface area contributed by atoms with Crippen molar-refractivity contribution < 1.29 is 23.9 Å². The Hall–Kier alpha value is -4.46. The third-order valence-electron chi connectivity index (χ3n) is 4.97. The van der Waals surface area contributed by atoms with Crippen LogP contribution < -0.4 is 20.2 Å². The summed E-state index contributed by atoms with van der Waals surface area (Å²) in [7, 11) is 1.45. The van der Waals surface area contributed by atoms with Gasteiger partial charge in [0.2, 0.25) is 0 Å². The zero-order valence-corrected chi connectivity index (χ0v) is 19.1. The summed E-state index contributed by atoms with van der Waals surface area (Å²) in [5.74, 6) is -1.67. The van der Waals surface area contributed by atoms with Crippen molar-refractivity contribution in [2.24, 2.45) is 5.10 Å². The van der Waals surface area contributed by atoms with Gasteiger partial charge in [-0.05, 0) is 55.3 Å². The molecule has 0 aliphatic rings. The first-order valence-corrected chi connectivity index (χ1v) is 10.6. The smallest absolute Gasteiger partial charge is 0.343 e. The van der Waals surface area contributed by atoms with Crippen molar-refractivity contribution in [3.63, 3.8) is 0 Å². The van der Waals surface area contributed by atoms with Crippen LogP contribution in [0.15, 0.2) is 77.9 Å². The highest BCUT2D eigenvalue weighted by Crippen LogP contribution is 2.29. The number of carbonyl (C=O) groups is 3. The number of esters is 1. The highest BCUT2D eigenvalue weighted by molar-refractivity contribution is 6.39. The van der Waals surface area contributed by atoms with E-state index in [-0.39, 0.29) is 5.75 Å². The number of para-hydroxylation sites is 1. The van der Waals surface area contributed by atoms with Crippen LogP contribution in [-0.4, -0.2) is 30.6 Å². The van der Waals surface area contributed by atoms with Gasteiger partial charge in [0.25, 0.3) is 0 Å². The van der Waals surface area contributed by atoms with Gasteiger partial charge in [-0.25, -0.2) is 10.2 Å². The standard InChI is InChI=1S/C26H25N3O5/c1-4-18-10-8-9-13-21(18)27-24(30)25(31)29-28-17(2)20-14-15-22(23(16-20)33-3)34-26(32)19-11-6-5-7-12-19/h5-16H,4H2,1-3H3,(H,27,30)(H,29,31)/b28-17+. The number of benzene rings is 3. The lowest BCUT2D eigenvalue weighted by atomic mass is 10.1. The van der Waals surface area contributed by atoms with E-state index in [0.29, 0.717) is 34.7 Å². The number of anilines is 1. The first-order valence-electron chi connectivity index (χ1n) is 10.6. The van der Waals surface area contributed by atoms with Crippen LogP contribution in [-0.2, 0) is 16.0 Å². The fourth-order valence-electron chi connectivity index (χ4n) is 3.09. The van der Waals surface area contributed by atoms with Crippen LogP contribution in [0.1, 0.15) is 35.3 Å². The summed E-state index contributed by atoms with van der Waals surface area (Å²) in [5.41, 5.74) is 5.20. The predicted molar refractivity (Wildman–Crippen MR) is 129 cm³/mol. The third-order valence-corrected chi connectivity index (χ3v) is 4.97. The van der Waals surface area contributed by atoms with Crippen molar-refractivity contribution in [1.82, 2.24) is 5.43 Å².